The minimum Gasteiger partial charge on any atom is -0.462 e. The molecule has 22 heavy (non-hydrogen) atoms. The first kappa shape index (κ1) is 17.0. The predicted molar refractivity (Wildman–Crippen MR) is 92.2 cm³/mol. The number of halogens is 1. The van der Waals surface area contributed by atoms with Gasteiger partial charge in [0.1, 0.15) is 10.6 Å². The maximum Gasteiger partial charge on any atom is 0.341 e. The van der Waals surface area contributed by atoms with Crippen molar-refractivity contribution < 1.29 is 14.3 Å². The van der Waals surface area contributed by atoms with Gasteiger partial charge in [0, 0.05) is 28.1 Å². The Morgan fingerprint density at radius 2 is 2.18 bits per heavy atom. The highest BCUT2D eigenvalue weighted by atomic mass is 35.5. The number of carbonyl (C=O) groups is 2. The van der Waals surface area contributed by atoms with Crippen molar-refractivity contribution in [1.82, 2.24) is 0 Å². The van der Waals surface area contributed by atoms with E-state index in [1.54, 1.807) is 18.3 Å². The van der Waals surface area contributed by atoms with Crippen LogP contribution in [0.15, 0.2) is 22.9 Å². The predicted octanol–water partition coefficient (Wildman–Crippen LogP) is 4.61. The van der Waals surface area contributed by atoms with Gasteiger partial charge in [-0.05, 0) is 24.8 Å². The van der Waals surface area contributed by atoms with E-state index in [4.69, 9.17) is 16.3 Å². The van der Waals surface area contributed by atoms with Crippen LogP contribution in [0.4, 0.5) is 5.00 Å². The first-order valence-electron chi connectivity index (χ1n) is 6.85. The summed E-state index contributed by atoms with van der Waals surface area (Å²) in [5.41, 5.74) is 1.22. The molecule has 4 nitrogen and oxygen atoms in total. The summed E-state index contributed by atoms with van der Waals surface area (Å²) < 4.78 is 5.13. The van der Waals surface area contributed by atoms with Gasteiger partial charge >= 0.3 is 5.97 Å². The van der Waals surface area contributed by atoms with Crippen LogP contribution in [0.25, 0.3) is 10.4 Å². The van der Waals surface area contributed by atoms with E-state index in [2.05, 4.69) is 5.32 Å². The van der Waals surface area contributed by atoms with Gasteiger partial charge in [-0.15, -0.1) is 34.3 Å². The number of amides is 1. The molecule has 0 radical (unpaired) electrons. The van der Waals surface area contributed by atoms with Gasteiger partial charge < -0.3 is 10.1 Å². The zero-order chi connectivity index (χ0) is 15.9. The highest BCUT2D eigenvalue weighted by Crippen LogP contribution is 2.38. The van der Waals surface area contributed by atoms with E-state index in [0.29, 0.717) is 29.3 Å². The van der Waals surface area contributed by atoms with E-state index in [-0.39, 0.29) is 12.5 Å². The Balaban J connectivity index is 2.29. The van der Waals surface area contributed by atoms with Crippen molar-refractivity contribution in [3.05, 3.63) is 28.5 Å². The molecule has 0 fully saturated rings. The standard InChI is InChI=1S/C15H16ClNO3S2/c1-2-20-15(19)13-10(11-5-4-8-21-11)9-22-14(13)17-12(18)6-3-7-16/h4-5,8-9H,2-3,6-7H2,1H3,(H,17,18). The number of thiophene rings is 2. The summed E-state index contributed by atoms with van der Waals surface area (Å²) in [7, 11) is 0. The van der Waals surface area contributed by atoms with Crippen LogP contribution in [0.3, 0.4) is 0 Å². The van der Waals surface area contributed by atoms with Crippen LogP contribution >= 0.6 is 34.3 Å². The molecule has 0 saturated heterocycles. The Bertz CT molecular complexity index is 637. The summed E-state index contributed by atoms with van der Waals surface area (Å²) in [6.45, 7) is 2.05. The van der Waals surface area contributed by atoms with Gasteiger partial charge in [0.2, 0.25) is 5.91 Å². The molecule has 2 aromatic heterocycles. The summed E-state index contributed by atoms with van der Waals surface area (Å²) in [5.74, 6) is -0.131. The van der Waals surface area contributed by atoms with Gasteiger partial charge in [0.25, 0.3) is 0 Å². The van der Waals surface area contributed by atoms with Crippen molar-refractivity contribution in [2.24, 2.45) is 0 Å². The van der Waals surface area contributed by atoms with Gasteiger partial charge in [-0.3, -0.25) is 4.79 Å². The molecule has 0 saturated carbocycles. The molecule has 0 aliphatic carbocycles. The number of hydrogen-bond donors (Lipinski definition) is 1. The Morgan fingerprint density at radius 1 is 1.36 bits per heavy atom. The Morgan fingerprint density at radius 3 is 2.82 bits per heavy atom. The molecular formula is C15H16ClNO3S2. The SMILES string of the molecule is CCOC(=O)c1c(-c2cccs2)csc1NC(=O)CCCCl. The fraction of sp³-hybridized carbons (Fsp3) is 0.333. The normalized spacial score (nSPS) is 10.5. The van der Waals surface area contributed by atoms with E-state index in [0.717, 1.165) is 10.4 Å². The molecule has 0 aliphatic heterocycles. The van der Waals surface area contributed by atoms with Crippen LogP contribution in [0, 0.1) is 0 Å². The lowest BCUT2D eigenvalue weighted by Gasteiger charge is -2.07. The average molecular weight is 358 g/mol. The smallest absolute Gasteiger partial charge is 0.341 e. The number of hydrogen-bond acceptors (Lipinski definition) is 5. The van der Waals surface area contributed by atoms with E-state index in [9.17, 15) is 9.59 Å². The van der Waals surface area contributed by atoms with Crippen LogP contribution in [-0.4, -0.2) is 24.4 Å². The highest BCUT2D eigenvalue weighted by Gasteiger charge is 2.23. The number of rotatable bonds is 7. The van der Waals surface area contributed by atoms with E-state index in [1.165, 1.54) is 11.3 Å². The van der Waals surface area contributed by atoms with Gasteiger partial charge in [-0.25, -0.2) is 4.79 Å². The quantitative estimate of drug-likeness (QED) is 0.581. The van der Waals surface area contributed by atoms with Crippen molar-refractivity contribution in [2.75, 3.05) is 17.8 Å². The molecule has 2 aromatic rings. The van der Waals surface area contributed by atoms with Crippen molar-refractivity contribution in [3.8, 4) is 10.4 Å². The fourth-order valence-electron chi connectivity index (χ4n) is 1.89. The van der Waals surface area contributed by atoms with Crippen LogP contribution in [0.1, 0.15) is 30.1 Å². The lowest BCUT2D eigenvalue weighted by atomic mass is 10.1. The molecule has 7 heteroatoms. The number of ether oxygens (including phenoxy) is 1. The molecule has 0 aliphatic rings. The van der Waals surface area contributed by atoms with Gasteiger partial charge in [0.05, 0.1) is 6.61 Å². The van der Waals surface area contributed by atoms with E-state index in [1.807, 2.05) is 22.9 Å². The Labute approximate surface area is 142 Å². The maximum atomic E-state index is 12.3. The van der Waals surface area contributed by atoms with Crippen molar-refractivity contribution in [1.29, 1.82) is 0 Å². The minimum absolute atomic E-state index is 0.147. The zero-order valence-corrected chi connectivity index (χ0v) is 14.4. The summed E-state index contributed by atoms with van der Waals surface area (Å²) in [6, 6.07) is 3.86. The molecule has 0 spiro atoms. The van der Waals surface area contributed by atoms with E-state index < -0.39 is 5.97 Å². The fourth-order valence-corrected chi connectivity index (χ4v) is 3.81. The largest absolute Gasteiger partial charge is 0.462 e. The first-order chi connectivity index (χ1) is 10.7. The van der Waals surface area contributed by atoms with Crippen LogP contribution < -0.4 is 5.32 Å². The van der Waals surface area contributed by atoms with Gasteiger partial charge in [-0.2, -0.15) is 0 Å². The molecule has 2 heterocycles. The third kappa shape index (κ3) is 4.09. The van der Waals surface area contributed by atoms with Crippen molar-refractivity contribution in [3.63, 3.8) is 0 Å². The van der Waals surface area contributed by atoms with Crippen molar-refractivity contribution in [2.45, 2.75) is 19.8 Å². The number of nitrogens with one attached hydrogen (secondary N) is 1. The van der Waals surface area contributed by atoms with Gasteiger partial charge in [0.15, 0.2) is 0 Å². The number of carbonyl (C=O) groups excluding carboxylic acids is 2. The van der Waals surface area contributed by atoms with Crippen LogP contribution in [0.2, 0.25) is 0 Å². The minimum atomic E-state index is -0.417. The summed E-state index contributed by atoms with van der Waals surface area (Å²) in [4.78, 5) is 25.1. The summed E-state index contributed by atoms with van der Waals surface area (Å²) in [6.07, 6.45) is 0.934. The van der Waals surface area contributed by atoms with Gasteiger partial charge in [-0.1, -0.05) is 6.07 Å². The number of alkyl halides is 1. The average Bonchev–Trinajstić information content (AvgIpc) is 3.14. The third-order valence-electron chi connectivity index (χ3n) is 2.85. The van der Waals surface area contributed by atoms with E-state index >= 15 is 0 Å². The Kier molecular flexibility index (Phi) is 6.42. The second-order valence-corrected chi connectivity index (χ2v) is 6.60. The van der Waals surface area contributed by atoms with Crippen LogP contribution in [0.5, 0.6) is 0 Å². The molecular weight excluding hydrogens is 342 g/mol. The molecule has 0 bridgehead atoms. The van der Waals surface area contributed by atoms with Crippen LogP contribution in [-0.2, 0) is 9.53 Å². The maximum absolute atomic E-state index is 12.3. The molecule has 0 atom stereocenters. The lowest BCUT2D eigenvalue weighted by Crippen LogP contribution is -2.14. The monoisotopic (exact) mass is 357 g/mol. The number of esters is 1. The van der Waals surface area contributed by atoms with Crippen molar-refractivity contribution >= 4 is 51.2 Å². The molecule has 0 unspecified atom stereocenters. The topological polar surface area (TPSA) is 55.4 Å². The lowest BCUT2D eigenvalue weighted by molar-refractivity contribution is -0.116. The number of anilines is 1. The summed E-state index contributed by atoms with van der Waals surface area (Å²) >= 11 is 8.46. The molecule has 0 aromatic carbocycles. The molecule has 1 amide bonds. The molecule has 118 valence electrons. The highest BCUT2D eigenvalue weighted by molar-refractivity contribution is 7.17. The molecule has 1 N–H and O–H groups in total. The second kappa shape index (κ2) is 8.31. The first-order valence-corrected chi connectivity index (χ1v) is 9.15. The summed E-state index contributed by atoms with van der Waals surface area (Å²) in [5, 5.41) is 7.14. The zero-order valence-electron chi connectivity index (χ0n) is 12.1. The molecule has 2 rings (SSSR count). The Hall–Kier alpha value is -1.37. The third-order valence-corrected chi connectivity index (χ3v) is 4.91. The second-order valence-electron chi connectivity index (χ2n) is 4.39.